The number of benzene rings is 1. The van der Waals surface area contributed by atoms with E-state index in [4.69, 9.17) is 10.7 Å². The first kappa shape index (κ1) is 24.6. The van der Waals surface area contributed by atoms with Crippen LogP contribution in [0.15, 0.2) is 29.3 Å². The number of hydrogen-bond acceptors (Lipinski definition) is 3. The summed E-state index contributed by atoms with van der Waals surface area (Å²) in [5.74, 6) is 0.267. The zero-order chi connectivity index (χ0) is 19.9. The average Bonchev–Trinajstić information content (AvgIpc) is 2.61. The number of halogens is 2. The van der Waals surface area contributed by atoms with E-state index >= 15 is 0 Å². The number of rotatable bonds is 7. The topological polar surface area (TPSA) is 82.8 Å². The van der Waals surface area contributed by atoms with E-state index in [0.717, 1.165) is 44.0 Å². The van der Waals surface area contributed by atoms with E-state index in [2.05, 4.69) is 29.4 Å². The number of carbonyl (C=O) groups excluding carboxylic acids is 1. The summed E-state index contributed by atoms with van der Waals surface area (Å²) in [4.78, 5) is 17.9. The summed E-state index contributed by atoms with van der Waals surface area (Å²) in [6.45, 7) is 9.49. The highest BCUT2D eigenvalue weighted by Crippen LogP contribution is 2.24. The van der Waals surface area contributed by atoms with Gasteiger partial charge in [-0.15, -0.1) is 24.0 Å². The van der Waals surface area contributed by atoms with Gasteiger partial charge in [-0.25, -0.2) is 4.39 Å². The summed E-state index contributed by atoms with van der Waals surface area (Å²) in [5.41, 5.74) is 5.93. The minimum absolute atomic E-state index is 0. The molecule has 158 valence electrons. The van der Waals surface area contributed by atoms with Gasteiger partial charge in [-0.05, 0) is 37.5 Å². The van der Waals surface area contributed by atoms with Crippen molar-refractivity contribution in [3.05, 3.63) is 35.6 Å². The number of likely N-dealkylation sites (tertiary alicyclic amines) is 1. The summed E-state index contributed by atoms with van der Waals surface area (Å²) >= 11 is 0. The smallest absolute Gasteiger partial charge is 0.231 e. The highest BCUT2D eigenvalue weighted by molar-refractivity contribution is 14.0. The van der Waals surface area contributed by atoms with Crippen molar-refractivity contribution in [3.8, 4) is 0 Å². The lowest BCUT2D eigenvalue weighted by Gasteiger charge is -2.32. The molecule has 0 unspecified atom stereocenters. The van der Waals surface area contributed by atoms with Crippen LogP contribution in [0.2, 0.25) is 0 Å². The Bertz CT molecular complexity index is 660. The van der Waals surface area contributed by atoms with Gasteiger partial charge in [0.2, 0.25) is 5.91 Å². The van der Waals surface area contributed by atoms with Crippen LogP contribution in [0.1, 0.15) is 39.2 Å². The van der Waals surface area contributed by atoms with Crippen LogP contribution >= 0.6 is 24.0 Å². The van der Waals surface area contributed by atoms with Crippen LogP contribution in [0.5, 0.6) is 0 Å². The van der Waals surface area contributed by atoms with E-state index in [1.54, 1.807) is 12.1 Å². The third kappa shape index (κ3) is 7.90. The molecule has 1 heterocycles. The van der Waals surface area contributed by atoms with Crippen LogP contribution in [0.25, 0.3) is 0 Å². The monoisotopic (exact) mass is 505 g/mol. The number of carbonyl (C=O) groups is 1. The lowest BCUT2D eigenvalue weighted by molar-refractivity contribution is -0.119. The van der Waals surface area contributed by atoms with Gasteiger partial charge in [-0.1, -0.05) is 26.0 Å². The first-order valence-electron chi connectivity index (χ1n) is 9.61. The lowest BCUT2D eigenvalue weighted by atomic mass is 9.85. The molecule has 28 heavy (non-hydrogen) atoms. The fourth-order valence-electron chi connectivity index (χ4n) is 3.25. The Morgan fingerprint density at radius 3 is 2.61 bits per heavy atom. The molecule has 0 radical (unpaired) electrons. The fourth-order valence-corrected chi connectivity index (χ4v) is 3.25. The highest BCUT2D eigenvalue weighted by atomic mass is 127. The van der Waals surface area contributed by atoms with Crippen molar-refractivity contribution in [1.82, 2.24) is 15.5 Å². The molecule has 0 spiro atoms. The Kier molecular flexibility index (Phi) is 10.2. The van der Waals surface area contributed by atoms with Gasteiger partial charge in [0.1, 0.15) is 5.82 Å². The first-order valence-corrected chi connectivity index (χ1v) is 9.61. The summed E-state index contributed by atoms with van der Waals surface area (Å²) in [6.07, 6.45) is 1.87. The van der Waals surface area contributed by atoms with Gasteiger partial charge >= 0.3 is 0 Å². The molecular weight excluding hydrogens is 472 g/mol. The standard InChI is InChI=1S/C20H32FN5O.HI/c1-4-23-19(25-17-8-10-26(11-9-17)13-18(22)27)24-14-20(2,3)15-6-5-7-16(21)12-15;/h5-7,12,17H,4,8-11,13-14H2,1-3H3,(H2,22,27)(H2,23,24,25);1H. The average molecular weight is 505 g/mol. The quantitative estimate of drug-likeness (QED) is 0.302. The van der Waals surface area contributed by atoms with E-state index in [-0.39, 0.29) is 41.1 Å². The van der Waals surface area contributed by atoms with Gasteiger partial charge in [-0.3, -0.25) is 14.7 Å². The van der Waals surface area contributed by atoms with Crippen LogP contribution < -0.4 is 16.4 Å². The minimum Gasteiger partial charge on any atom is -0.369 e. The van der Waals surface area contributed by atoms with E-state index in [1.165, 1.54) is 6.07 Å². The Morgan fingerprint density at radius 2 is 2.04 bits per heavy atom. The zero-order valence-electron chi connectivity index (χ0n) is 17.0. The van der Waals surface area contributed by atoms with Crippen LogP contribution in [0.4, 0.5) is 4.39 Å². The van der Waals surface area contributed by atoms with Gasteiger partial charge < -0.3 is 16.4 Å². The second-order valence-electron chi connectivity index (χ2n) is 7.75. The number of nitrogens with two attached hydrogens (primary N) is 1. The summed E-state index contributed by atoms with van der Waals surface area (Å²) in [7, 11) is 0. The van der Waals surface area contributed by atoms with Crippen LogP contribution in [0, 0.1) is 5.82 Å². The van der Waals surface area contributed by atoms with E-state index in [1.807, 2.05) is 13.0 Å². The molecule has 1 amide bonds. The third-order valence-electron chi connectivity index (χ3n) is 4.89. The molecule has 0 atom stereocenters. The van der Waals surface area contributed by atoms with Gasteiger partial charge in [0, 0.05) is 31.1 Å². The SMILES string of the molecule is CCNC(=NCC(C)(C)c1cccc(F)c1)NC1CCN(CC(N)=O)CC1.I. The van der Waals surface area contributed by atoms with Crippen LogP contribution in [-0.2, 0) is 10.2 Å². The molecule has 4 N–H and O–H groups in total. The number of nitrogens with one attached hydrogen (secondary N) is 2. The molecule has 1 aromatic rings. The number of aliphatic imine (C=N–C) groups is 1. The van der Waals surface area contributed by atoms with Gasteiger partial charge in [0.05, 0.1) is 13.1 Å². The number of hydrogen-bond donors (Lipinski definition) is 3. The Labute approximate surface area is 184 Å². The van der Waals surface area contributed by atoms with Gasteiger partial charge in [0.25, 0.3) is 0 Å². The second-order valence-corrected chi connectivity index (χ2v) is 7.75. The fraction of sp³-hybridized carbons (Fsp3) is 0.600. The molecule has 0 aliphatic carbocycles. The summed E-state index contributed by atoms with van der Waals surface area (Å²) in [5, 5.41) is 6.77. The number of primary amides is 1. The van der Waals surface area contributed by atoms with E-state index in [9.17, 15) is 9.18 Å². The molecule has 1 saturated heterocycles. The highest BCUT2D eigenvalue weighted by Gasteiger charge is 2.23. The zero-order valence-corrected chi connectivity index (χ0v) is 19.3. The molecule has 1 aliphatic heterocycles. The Balaban J connectivity index is 0.00000392. The normalized spacial score (nSPS) is 16.4. The lowest BCUT2D eigenvalue weighted by Crippen LogP contribution is -2.50. The molecule has 1 fully saturated rings. The molecule has 0 aromatic heterocycles. The van der Waals surface area contributed by atoms with Crippen molar-refractivity contribution in [1.29, 1.82) is 0 Å². The Morgan fingerprint density at radius 1 is 1.36 bits per heavy atom. The van der Waals surface area contributed by atoms with Crippen LogP contribution in [-0.4, -0.2) is 55.5 Å². The predicted octanol–water partition coefficient (Wildman–Crippen LogP) is 2.23. The first-order chi connectivity index (χ1) is 12.8. The minimum atomic E-state index is -0.282. The third-order valence-corrected chi connectivity index (χ3v) is 4.89. The van der Waals surface area contributed by atoms with E-state index < -0.39 is 0 Å². The maximum Gasteiger partial charge on any atom is 0.231 e. The number of guanidine groups is 1. The van der Waals surface area contributed by atoms with E-state index in [0.29, 0.717) is 19.1 Å². The van der Waals surface area contributed by atoms with Crippen molar-refractivity contribution in [3.63, 3.8) is 0 Å². The van der Waals surface area contributed by atoms with Gasteiger partial charge in [-0.2, -0.15) is 0 Å². The molecular formula is C20H33FIN5O. The molecule has 0 bridgehead atoms. The van der Waals surface area contributed by atoms with Crippen molar-refractivity contribution in [2.24, 2.45) is 10.7 Å². The number of piperidine rings is 1. The summed E-state index contributed by atoms with van der Waals surface area (Å²) < 4.78 is 13.5. The van der Waals surface area contributed by atoms with Crippen molar-refractivity contribution in [2.45, 2.75) is 45.1 Å². The maximum atomic E-state index is 13.5. The number of nitrogens with zero attached hydrogens (tertiary/aromatic N) is 2. The van der Waals surface area contributed by atoms with Crippen molar-refractivity contribution < 1.29 is 9.18 Å². The maximum absolute atomic E-state index is 13.5. The van der Waals surface area contributed by atoms with Gasteiger partial charge in [0.15, 0.2) is 5.96 Å². The summed E-state index contributed by atoms with van der Waals surface area (Å²) in [6, 6.07) is 7.01. The molecule has 6 nitrogen and oxygen atoms in total. The largest absolute Gasteiger partial charge is 0.369 e. The molecule has 1 aliphatic rings. The Hall–Kier alpha value is -1.42. The predicted molar refractivity (Wildman–Crippen MR) is 123 cm³/mol. The second kappa shape index (κ2) is 11.5. The van der Waals surface area contributed by atoms with Crippen molar-refractivity contribution >= 4 is 35.8 Å². The molecule has 8 heteroatoms. The molecule has 1 aromatic carbocycles. The van der Waals surface area contributed by atoms with Crippen LogP contribution in [0.3, 0.4) is 0 Å². The molecule has 0 saturated carbocycles. The molecule has 2 rings (SSSR count). The number of amides is 1. The van der Waals surface area contributed by atoms with Crippen molar-refractivity contribution in [2.75, 3.05) is 32.7 Å².